The zero-order valence-electron chi connectivity index (χ0n) is 17.6. The number of halogens is 2. The van der Waals surface area contributed by atoms with Crippen LogP contribution in [-0.2, 0) is 11.2 Å². The lowest BCUT2D eigenvalue weighted by Gasteiger charge is -2.16. The molecule has 1 aromatic heterocycles. The highest BCUT2D eigenvalue weighted by molar-refractivity contribution is 6.31. The van der Waals surface area contributed by atoms with Gasteiger partial charge in [-0.15, -0.1) is 0 Å². The molecule has 0 unspecified atom stereocenters. The van der Waals surface area contributed by atoms with E-state index in [9.17, 15) is 9.18 Å². The number of nitrogens with one attached hydrogen (secondary N) is 2. The zero-order chi connectivity index (χ0) is 22.2. The van der Waals surface area contributed by atoms with E-state index in [1.54, 1.807) is 37.4 Å². The van der Waals surface area contributed by atoms with Crippen LogP contribution in [0.4, 0.5) is 10.1 Å². The SMILES string of the molecule is COc1ccc(Cl)cc1NC(=O)CCN(C)CCCc1cc(-c2ccc(F)cc2)n[nH]1. The molecule has 0 fully saturated rings. The van der Waals surface area contributed by atoms with Gasteiger partial charge in [-0.25, -0.2) is 4.39 Å². The Bertz CT molecular complexity index is 1010. The molecular formula is C23H26ClFN4O2. The molecule has 0 saturated carbocycles. The van der Waals surface area contributed by atoms with Crippen LogP contribution in [0.15, 0.2) is 48.5 Å². The second kappa shape index (κ2) is 10.9. The summed E-state index contributed by atoms with van der Waals surface area (Å²) in [5.74, 6) is 0.221. The summed E-state index contributed by atoms with van der Waals surface area (Å²) >= 11 is 6.00. The van der Waals surface area contributed by atoms with Crippen LogP contribution in [0.2, 0.25) is 5.02 Å². The Labute approximate surface area is 186 Å². The van der Waals surface area contributed by atoms with E-state index in [0.29, 0.717) is 29.4 Å². The Morgan fingerprint density at radius 1 is 1.19 bits per heavy atom. The third-order valence-corrected chi connectivity index (χ3v) is 5.15. The first-order valence-corrected chi connectivity index (χ1v) is 10.4. The van der Waals surface area contributed by atoms with E-state index in [-0.39, 0.29) is 11.7 Å². The van der Waals surface area contributed by atoms with Crippen LogP contribution < -0.4 is 10.1 Å². The Morgan fingerprint density at radius 2 is 1.97 bits per heavy atom. The van der Waals surface area contributed by atoms with E-state index in [0.717, 1.165) is 36.3 Å². The van der Waals surface area contributed by atoms with Crippen molar-refractivity contribution in [3.05, 3.63) is 65.1 Å². The average Bonchev–Trinajstić information content (AvgIpc) is 3.22. The highest BCUT2D eigenvalue weighted by atomic mass is 35.5. The second-order valence-corrected chi connectivity index (χ2v) is 7.77. The van der Waals surface area contributed by atoms with E-state index in [1.807, 2.05) is 13.1 Å². The van der Waals surface area contributed by atoms with Crippen molar-refractivity contribution in [1.82, 2.24) is 15.1 Å². The number of aromatic amines is 1. The third kappa shape index (κ3) is 6.80. The Morgan fingerprint density at radius 3 is 2.71 bits per heavy atom. The molecular weight excluding hydrogens is 419 g/mol. The fourth-order valence-electron chi connectivity index (χ4n) is 3.19. The number of nitrogens with zero attached hydrogens (tertiary/aromatic N) is 2. The summed E-state index contributed by atoms with van der Waals surface area (Å²) in [5.41, 5.74) is 3.28. The Balaban J connectivity index is 1.40. The highest BCUT2D eigenvalue weighted by Gasteiger charge is 2.10. The van der Waals surface area contributed by atoms with Gasteiger partial charge in [0.2, 0.25) is 5.91 Å². The number of aryl methyl sites for hydroxylation is 1. The summed E-state index contributed by atoms with van der Waals surface area (Å²) in [7, 11) is 3.54. The molecule has 0 aliphatic rings. The van der Waals surface area contributed by atoms with Crippen LogP contribution in [0.3, 0.4) is 0 Å². The lowest BCUT2D eigenvalue weighted by Crippen LogP contribution is -2.25. The minimum atomic E-state index is -0.261. The topological polar surface area (TPSA) is 70.2 Å². The zero-order valence-corrected chi connectivity index (χ0v) is 18.4. The molecule has 2 aromatic carbocycles. The number of hydrogen-bond donors (Lipinski definition) is 2. The number of carbonyl (C=O) groups is 1. The summed E-state index contributed by atoms with van der Waals surface area (Å²) in [6.07, 6.45) is 2.13. The molecule has 6 nitrogen and oxygen atoms in total. The van der Waals surface area contributed by atoms with Gasteiger partial charge in [-0.1, -0.05) is 11.6 Å². The normalized spacial score (nSPS) is 11.0. The van der Waals surface area contributed by atoms with Crippen LogP contribution >= 0.6 is 11.6 Å². The molecule has 0 atom stereocenters. The first kappa shape index (κ1) is 22.8. The van der Waals surface area contributed by atoms with Crippen molar-refractivity contribution >= 4 is 23.2 Å². The average molecular weight is 445 g/mol. The van der Waals surface area contributed by atoms with Gasteiger partial charge in [-0.05, 0) is 75.0 Å². The summed E-state index contributed by atoms with van der Waals surface area (Å²) in [4.78, 5) is 14.4. The van der Waals surface area contributed by atoms with E-state index < -0.39 is 0 Å². The number of methoxy groups -OCH3 is 1. The van der Waals surface area contributed by atoms with Gasteiger partial charge < -0.3 is 15.0 Å². The van der Waals surface area contributed by atoms with Crippen LogP contribution in [-0.4, -0.2) is 48.3 Å². The van der Waals surface area contributed by atoms with Crippen LogP contribution in [0.25, 0.3) is 11.3 Å². The van der Waals surface area contributed by atoms with Gasteiger partial charge in [0.15, 0.2) is 0 Å². The van der Waals surface area contributed by atoms with Gasteiger partial charge >= 0.3 is 0 Å². The molecule has 0 radical (unpaired) electrons. The maximum absolute atomic E-state index is 13.1. The lowest BCUT2D eigenvalue weighted by atomic mass is 10.1. The minimum Gasteiger partial charge on any atom is -0.495 e. The molecule has 8 heteroatoms. The number of hydrogen-bond acceptors (Lipinski definition) is 4. The lowest BCUT2D eigenvalue weighted by molar-refractivity contribution is -0.116. The van der Waals surface area contributed by atoms with Crippen molar-refractivity contribution in [3.8, 4) is 17.0 Å². The van der Waals surface area contributed by atoms with E-state index in [4.69, 9.17) is 16.3 Å². The van der Waals surface area contributed by atoms with Crippen molar-refractivity contribution < 1.29 is 13.9 Å². The number of H-pyrrole nitrogens is 1. The van der Waals surface area contributed by atoms with E-state index >= 15 is 0 Å². The standard InChI is InChI=1S/C23H26ClFN4O2/c1-29(13-11-23(30)26-21-14-17(24)7-10-22(21)31-2)12-3-4-19-15-20(28-27-19)16-5-8-18(25)9-6-16/h5-10,14-15H,3-4,11-13H2,1-2H3,(H,26,30)(H,27,28). The Kier molecular flexibility index (Phi) is 8.03. The van der Waals surface area contributed by atoms with Crippen molar-refractivity contribution in [2.45, 2.75) is 19.3 Å². The van der Waals surface area contributed by atoms with Crippen LogP contribution in [0.5, 0.6) is 5.75 Å². The number of carbonyl (C=O) groups excluding carboxylic acids is 1. The molecule has 164 valence electrons. The third-order valence-electron chi connectivity index (χ3n) is 4.91. The van der Waals surface area contributed by atoms with Crippen molar-refractivity contribution in [1.29, 1.82) is 0 Å². The van der Waals surface area contributed by atoms with E-state index in [1.165, 1.54) is 12.1 Å². The maximum Gasteiger partial charge on any atom is 0.225 e. The molecule has 0 saturated heterocycles. The van der Waals surface area contributed by atoms with Crippen LogP contribution in [0.1, 0.15) is 18.5 Å². The minimum absolute atomic E-state index is 0.0927. The predicted molar refractivity (Wildman–Crippen MR) is 121 cm³/mol. The number of aromatic nitrogens is 2. The fourth-order valence-corrected chi connectivity index (χ4v) is 3.36. The fraction of sp³-hybridized carbons (Fsp3) is 0.304. The quantitative estimate of drug-likeness (QED) is 0.472. The first-order chi connectivity index (χ1) is 14.9. The molecule has 31 heavy (non-hydrogen) atoms. The molecule has 1 heterocycles. The number of anilines is 1. The van der Waals surface area contributed by atoms with Gasteiger partial charge in [0.25, 0.3) is 0 Å². The maximum atomic E-state index is 13.1. The van der Waals surface area contributed by atoms with Gasteiger partial charge in [0.05, 0.1) is 18.5 Å². The van der Waals surface area contributed by atoms with Gasteiger partial charge in [0, 0.05) is 29.2 Å². The summed E-state index contributed by atoms with van der Waals surface area (Å²) in [6, 6.07) is 13.4. The van der Waals surface area contributed by atoms with Crippen molar-refractivity contribution in [2.75, 3.05) is 32.6 Å². The summed E-state index contributed by atoms with van der Waals surface area (Å²) in [5, 5.41) is 10.7. The van der Waals surface area contributed by atoms with Crippen molar-refractivity contribution in [3.63, 3.8) is 0 Å². The molecule has 0 bridgehead atoms. The number of ether oxygens (including phenoxy) is 1. The molecule has 3 rings (SSSR count). The van der Waals surface area contributed by atoms with E-state index in [2.05, 4.69) is 20.4 Å². The molecule has 0 aliphatic carbocycles. The first-order valence-electron chi connectivity index (χ1n) is 10.1. The van der Waals surface area contributed by atoms with Crippen molar-refractivity contribution in [2.24, 2.45) is 0 Å². The summed E-state index contributed by atoms with van der Waals surface area (Å²) in [6.45, 7) is 1.48. The molecule has 0 aliphatic heterocycles. The van der Waals surface area contributed by atoms with Gasteiger partial charge in [-0.3, -0.25) is 9.89 Å². The molecule has 3 aromatic rings. The smallest absolute Gasteiger partial charge is 0.225 e. The Hall–Kier alpha value is -2.90. The number of benzene rings is 2. The molecule has 2 N–H and O–H groups in total. The monoisotopic (exact) mass is 444 g/mol. The number of amides is 1. The molecule has 1 amide bonds. The largest absolute Gasteiger partial charge is 0.495 e. The van der Waals surface area contributed by atoms with Gasteiger partial charge in [-0.2, -0.15) is 5.10 Å². The second-order valence-electron chi connectivity index (χ2n) is 7.33. The van der Waals surface area contributed by atoms with Crippen LogP contribution in [0, 0.1) is 5.82 Å². The summed E-state index contributed by atoms with van der Waals surface area (Å²) < 4.78 is 18.3. The highest BCUT2D eigenvalue weighted by Crippen LogP contribution is 2.27. The molecule has 0 spiro atoms. The van der Waals surface area contributed by atoms with Gasteiger partial charge in [0.1, 0.15) is 11.6 Å². The predicted octanol–water partition coefficient (Wildman–Crippen LogP) is 4.77. The number of rotatable bonds is 10.